The van der Waals surface area contributed by atoms with Crippen LogP contribution in [0.25, 0.3) is 11.1 Å². The lowest BCUT2D eigenvalue weighted by Gasteiger charge is -2.26. The van der Waals surface area contributed by atoms with Crippen LogP contribution in [-0.4, -0.2) is 62.3 Å². The topological polar surface area (TPSA) is 108 Å². The van der Waals surface area contributed by atoms with E-state index in [2.05, 4.69) is 30.7 Å². The number of nitrogens with zero attached hydrogens (tertiary/aromatic N) is 1. The summed E-state index contributed by atoms with van der Waals surface area (Å²) in [4.78, 5) is 19.9. The molecular formula is C38H48NO8PS. The molecule has 0 atom stereocenters. The Kier molecular flexibility index (Phi) is 17.7. The second-order valence-corrected chi connectivity index (χ2v) is 14.0. The highest BCUT2D eigenvalue weighted by Gasteiger charge is 2.27. The van der Waals surface area contributed by atoms with Crippen molar-refractivity contribution >= 4 is 36.7 Å². The molecule has 0 N–H and O–H groups in total. The Balaban J connectivity index is 0.00000158. The molecule has 4 aromatic rings. The predicted molar refractivity (Wildman–Crippen MR) is 197 cm³/mol. The van der Waals surface area contributed by atoms with Crippen molar-refractivity contribution < 1.29 is 37.0 Å². The molecular weight excluding hydrogens is 661 g/mol. The van der Waals surface area contributed by atoms with Crippen molar-refractivity contribution in [3.63, 3.8) is 0 Å². The number of aryl methyl sites for hydroxylation is 4. The van der Waals surface area contributed by atoms with E-state index in [1.54, 1.807) is 38.5 Å². The first-order valence-corrected chi connectivity index (χ1v) is 18.2. The van der Waals surface area contributed by atoms with Crippen LogP contribution in [0.2, 0.25) is 0 Å². The van der Waals surface area contributed by atoms with Crippen molar-refractivity contribution in [1.82, 2.24) is 0 Å². The molecule has 4 rings (SSSR count). The van der Waals surface area contributed by atoms with Gasteiger partial charge in [-0.05, 0) is 115 Å². The molecule has 3 aromatic carbocycles. The van der Waals surface area contributed by atoms with Gasteiger partial charge in [-0.1, -0.05) is 44.6 Å². The molecule has 0 fully saturated rings. The number of rotatable bonds is 14. The smallest absolute Gasteiger partial charge is 0.305 e. The molecule has 0 saturated heterocycles. The highest BCUT2D eigenvalue weighted by atomic mass is 32.2. The highest BCUT2D eigenvalue weighted by molar-refractivity contribution is 7.93. The van der Waals surface area contributed by atoms with E-state index in [0.29, 0.717) is 36.8 Å². The number of hydrogen-bond acceptors (Lipinski definition) is 8. The molecule has 264 valence electrons. The molecule has 0 saturated carbocycles. The number of esters is 1. The van der Waals surface area contributed by atoms with Crippen LogP contribution in [0.3, 0.4) is 0 Å². The van der Waals surface area contributed by atoms with Gasteiger partial charge in [-0.15, -0.1) is 0 Å². The first-order valence-electron chi connectivity index (χ1n) is 15.8. The van der Waals surface area contributed by atoms with E-state index in [9.17, 15) is 13.2 Å². The lowest BCUT2D eigenvalue weighted by molar-refractivity contribution is -0.140. The number of anilines is 1. The normalized spacial score (nSPS) is 10.8. The fourth-order valence-electron chi connectivity index (χ4n) is 5.17. The summed E-state index contributed by atoms with van der Waals surface area (Å²) in [5, 5.41) is 0.774. The van der Waals surface area contributed by atoms with Gasteiger partial charge in [0.2, 0.25) is 0 Å². The molecule has 0 aliphatic carbocycles. The van der Waals surface area contributed by atoms with E-state index in [1.165, 1.54) is 11.4 Å². The molecule has 0 radical (unpaired) electrons. The fraction of sp³-hybridized carbons (Fsp3) is 0.342. The Hall–Kier alpha value is -4.08. The molecule has 11 heteroatoms. The van der Waals surface area contributed by atoms with E-state index in [-0.39, 0.29) is 18.9 Å². The van der Waals surface area contributed by atoms with Gasteiger partial charge in [0.1, 0.15) is 19.1 Å². The molecule has 0 bridgehead atoms. The van der Waals surface area contributed by atoms with Crippen molar-refractivity contribution in [2.24, 2.45) is 0 Å². The van der Waals surface area contributed by atoms with Crippen LogP contribution in [0.15, 0.2) is 83.5 Å². The number of benzene rings is 3. The van der Waals surface area contributed by atoms with Crippen LogP contribution < -0.4 is 9.04 Å². The molecule has 1 aromatic heterocycles. The fourth-order valence-corrected chi connectivity index (χ4v) is 7.85. The first-order chi connectivity index (χ1) is 23.5. The first kappa shape index (κ1) is 41.1. The Morgan fingerprint density at radius 1 is 0.857 bits per heavy atom. The summed E-state index contributed by atoms with van der Waals surface area (Å²) in [5.41, 5.74) is 6.59. The molecule has 1 heterocycles. The Labute approximate surface area is 293 Å². The summed E-state index contributed by atoms with van der Waals surface area (Å²) in [7, 11) is 1.60. The SMILES string of the molecule is C=O.CCOCCOc1cc(C)c(-c2cccc(CN(c3ccc(CCC(=O)OC)cc3)S(=O)(=O)c3cccpc3C)c2)c(C)c1.COC. The summed E-state index contributed by atoms with van der Waals surface area (Å²) in [5.74, 6) is 2.44. The van der Waals surface area contributed by atoms with Gasteiger partial charge in [0.25, 0.3) is 10.0 Å². The van der Waals surface area contributed by atoms with Crippen LogP contribution in [0.1, 0.15) is 40.9 Å². The van der Waals surface area contributed by atoms with E-state index in [0.717, 1.165) is 52.6 Å². The predicted octanol–water partition coefficient (Wildman–Crippen LogP) is 7.85. The maximum Gasteiger partial charge on any atom is 0.305 e. The molecule has 49 heavy (non-hydrogen) atoms. The number of methoxy groups -OCH3 is 2. The maximum absolute atomic E-state index is 14.2. The number of carbonyl (C=O) groups is 2. The Morgan fingerprint density at radius 3 is 2.10 bits per heavy atom. The maximum atomic E-state index is 14.2. The number of ether oxygens (including phenoxy) is 4. The zero-order valence-electron chi connectivity index (χ0n) is 29.5. The molecule has 0 amide bonds. The van der Waals surface area contributed by atoms with Crippen LogP contribution in [-0.2, 0) is 46.8 Å². The van der Waals surface area contributed by atoms with Gasteiger partial charge in [-0.2, -0.15) is 0 Å². The van der Waals surface area contributed by atoms with E-state index in [4.69, 9.17) is 19.0 Å². The summed E-state index contributed by atoms with van der Waals surface area (Å²) in [6.07, 6.45) is 0.773. The standard InChI is InChI=1S/C35H40NO6PS.C2H6O.CH2O/c1-6-41-18-19-42-32-21-25(2)35(26(3)22-32)30-10-7-9-29(23-30)24-36(44(38,39)33-11-8-20-43-27(33)4)31-15-12-28(13-16-31)14-17-34(37)40-5;1-3-2;1-2/h7-13,15-16,20-23H,6,14,17-19,24H2,1-5H3;1-2H3;1H2. The largest absolute Gasteiger partial charge is 0.491 e. The van der Waals surface area contributed by atoms with Gasteiger partial charge in [0.05, 0.1) is 30.8 Å². The van der Waals surface area contributed by atoms with Crippen molar-refractivity contribution in [3.05, 3.63) is 106 Å². The minimum Gasteiger partial charge on any atom is -0.491 e. The van der Waals surface area contributed by atoms with Gasteiger partial charge in [-0.3, -0.25) is 9.10 Å². The van der Waals surface area contributed by atoms with E-state index >= 15 is 0 Å². The summed E-state index contributed by atoms with van der Waals surface area (Å²) < 4.78 is 50.1. The van der Waals surface area contributed by atoms with Gasteiger partial charge in [-0.25, -0.2) is 8.42 Å². The molecule has 0 unspecified atom stereocenters. The van der Waals surface area contributed by atoms with E-state index < -0.39 is 10.0 Å². The lowest BCUT2D eigenvalue weighted by Crippen LogP contribution is -2.31. The van der Waals surface area contributed by atoms with Gasteiger partial charge in [0.15, 0.2) is 0 Å². The van der Waals surface area contributed by atoms with Gasteiger partial charge >= 0.3 is 5.97 Å². The second kappa shape index (κ2) is 21.1. The lowest BCUT2D eigenvalue weighted by atomic mass is 9.94. The third-order valence-corrected chi connectivity index (χ3v) is 10.4. The number of carbonyl (C=O) groups excluding carboxylic acids is 2. The molecule has 0 spiro atoms. The Bertz CT molecular complexity index is 1710. The summed E-state index contributed by atoms with van der Waals surface area (Å²) in [6, 6.07) is 22.9. The molecule has 9 nitrogen and oxygen atoms in total. The monoisotopic (exact) mass is 709 g/mol. The van der Waals surface area contributed by atoms with Crippen LogP contribution in [0.5, 0.6) is 5.75 Å². The van der Waals surface area contributed by atoms with Crippen LogP contribution in [0.4, 0.5) is 5.69 Å². The average Bonchev–Trinajstić information content (AvgIpc) is 3.09. The van der Waals surface area contributed by atoms with E-state index in [1.807, 2.05) is 62.8 Å². The third kappa shape index (κ3) is 12.1. The minimum absolute atomic E-state index is 0.152. The number of sulfonamides is 1. The summed E-state index contributed by atoms with van der Waals surface area (Å²) >= 11 is 0. The van der Waals surface area contributed by atoms with Gasteiger partial charge < -0.3 is 23.7 Å². The van der Waals surface area contributed by atoms with Crippen molar-refractivity contribution in [3.8, 4) is 16.9 Å². The van der Waals surface area contributed by atoms with Crippen molar-refractivity contribution in [1.29, 1.82) is 0 Å². The quantitative estimate of drug-likeness (QED) is 0.0963. The average molecular weight is 710 g/mol. The zero-order chi connectivity index (χ0) is 36.4. The summed E-state index contributed by atoms with van der Waals surface area (Å²) in [6.45, 7) is 11.8. The molecule has 0 aliphatic rings. The third-order valence-electron chi connectivity index (χ3n) is 7.34. The van der Waals surface area contributed by atoms with Gasteiger partial charge in [0, 0.05) is 27.2 Å². The Morgan fingerprint density at radius 2 is 1.51 bits per heavy atom. The zero-order valence-corrected chi connectivity index (χ0v) is 31.2. The molecule has 0 aliphatic heterocycles. The van der Waals surface area contributed by atoms with Crippen LogP contribution >= 0.6 is 8.19 Å². The number of hydrogen-bond donors (Lipinski definition) is 0. The second-order valence-electron chi connectivity index (χ2n) is 10.9. The van der Waals surface area contributed by atoms with Crippen LogP contribution in [0, 0.1) is 20.8 Å². The minimum atomic E-state index is -3.88. The van der Waals surface area contributed by atoms with Crippen molar-refractivity contribution in [2.75, 3.05) is 45.5 Å². The highest BCUT2D eigenvalue weighted by Crippen LogP contribution is 2.34. The van der Waals surface area contributed by atoms with Crippen molar-refractivity contribution in [2.45, 2.75) is 52.0 Å².